The molecule has 0 bridgehead atoms. The van der Waals surface area contributed by atoms with Crippen molar-refractivity contribution in [2.45, 2.75) is 49.7 Å². The fourth-order valence-electron chi connectivity index (χ4n) is 3.35. The molecule has 100 valence electrons. The zero-order valence-corrected chi connectivity index (χ0v) is 11.2. The first-order chi connectivity index (χ1) is 8.04. The van der Waals surface area contributed by atoms with Crippen molar-refractivity contribution in [1.82, 2.24) is 9.80 Å². The lowest BCUT2D eigenvalue weighted by Crippen LogP contribution is -2.48. The standard InChI is InChI=1S/C13H27N3O/c1-15(2)11-4-7-16(8-5-11)12-3-6-13(14,9-12)10-17/h11-12,17H,3-10,14H2,1-2H3. The van der Waals surface area contributed by atoms with E-state index in [2.05, 4.69) is 23.9 Å². The van der Waals surface area contributed by atoms with Crippen LogP contribution in [0.1, 0.15) is 32.1 Å². The highest BCUT2D eigenvalue weighted by molar-refractivity contribution is 4.98. The van der Waals surface area contributed by atoms with E-state index in [9.17, 15) is 5.11 Å². The number of hydrogen-bond donors (Lipinski definition) is 2. The molecular weight excluding hydrogens is 214 g/mol. The van der Waals surface area contributed by atoms with E-state index in [1.165, 1.54) is 25.9 Å². The Balaban J connectivity index is 1.82. The molecule has 0 aromatic carbocycles. The van der Waals surface area contributed by atoms with Crippen molar-refractivity contribution in [1.29, 1.82) is 0 Å². The molecule has 1 saturated heterocycles. The van der Waals surface area contributed by atoms with Crippen molar-refractivity contribution in [3.8, 4) is 0 Å². The first-order valence-electron chi connectivity index (χ1n) is 6.84. The van der Waals surface area contributed by atoms with Gasteiger partial charge in [-0.05, 0) is 59.3 Å². The molecule has 2 atom stereocenters. The Bertz CT molecular complexity index is 251. The van der Waals surface area contributed by atoms with Gasteiger partial charge in [0.1, 0.15) is 0 Å². The van der Waals surface area contributed by atoms with Gasteiger partial charge in [-0.3, -0.25) is 0 Å². The number of nitrogens with two attached hydrogens (primary N) is 1. The molecule has 4 heteroatoms. The minimum Gasteiger partial charge on any atom is -0.394 e. The van der Waals surface area contributed by atoms with Crippen LogP contribution in [0.2, 0.25) is 0 Å². The zero-order chi connectivity index (χ0) is 12.5. The summed E-state index contributed by atoms with van der Waals surface area (Å²) in [7, 11) is 4.35. The van der Waals surface area contributed by atoms with E-state index in [4.69, 9.17) is 5.73 Å². The molecule has 0 spiro atoms. The molecule has 0 radical (unpaired) electrons. The van der Waals surface area contributed by atoms with E-state index < -0.39 is 0 Å². The first-order valence-corrected chi connectivity index (χ1v) is 6.84. The minimum atomic E-state index is -0.303. The van der Waals surface area contributed by atoms with E-state index in [0.717, 1.165) is 25.3 Å². The van der Waals surface area contributed by atoms with Crippen LogP contribution in [0.3, 0.4) is 0 Å². The van der Waals surface area contributed by atoms with Crippen molar-refractivity contribution in [3.63, 3.8) is 0 Å². The van der Waals surface area contributed by atoms with Crippen molar-refractivity contribution >= 4 is 0 Å². The van der Waals surface area contributed by atoms with Crippen LogP contribution in [0.25, 0.3) is 0 Å². The first kappa shape index (κ1) is 13.3. The van der Waals surface area contributed by atoms with Crippen LogP contribution in [-0.4, -0.2) is 66.3 Å². The van der Waals surface area contributed by atoms with Crippen LogP contribution >= 0.6 is 0 Å². The predicted octanol–water partition coefficient (Wildman–Crippen LogP) is 0.255. The van der Waals surface area contributed by atoms with E-state index >= 15 is 0 Å². The van der Waals surface area contributed by atoms with Gasteiger partial charge < -0.3 is 20.6 Å². The van der Waals surface area contributed by atoms with E-state index in [1.807, 2.05) is 0 Å². The summed E-state index contributed by atoms with van der Waals surface area (Å²) in [5.74, 6) is 0. The summed E-state index contributed by atoms with van der Waals surface area (Å²) in [4.78, 5) is 4.93. The normalized spacial score (nSPS) is 36.9. The molecule has 0 amide bonds. The van der Waals surface area contributed by atoms with Crippen LogP contribution in [0.4, 0.5) is 0 Å². The zero-order valence-electron chi connectivity index (χ0n) is 11.2. The number of nitrogens with zero attached hydrogens (tertiary/aromatic N) is 2. The Morgan fingerprint density at radius 1 is 1.29 bits per heavy atom. The van der Waals surface area contributed by atoms with E-state index in [0.29, 0.717) is 6.04 Å². The maximum Gasteiger partial charge on any atom is 0.0611 e. The second-order valence-corrected chi connectivity index (χ2v) is 6.15. The molecule has 1 saturated carbocycles. The third kappa shape index (κ3) is 2.99. The summed E-state index contributed by atoms with van der Waals surface area (Å²) in [5.41, 5.74) is 5.84. The molecule has 2 rings (SSSR count). The molecule has 2 aliphatic rings. The van der Waals surface area contributed by atoms with Gasteiger partial charge in [0.15, 0.2) is 0 Å². The van der Waals surface area contributed by atoms with Crippen LogP contribution in [0.5, 0.6) is 0 Å². The maximum absolute atomic E-state index is 9.31. The van der Waals surface area contributed by atoms with Crippen molar-refractivity contribution in [2.24, 2.45) is 5.73 Å². The number of aliphatic hydroxyl groups excluding tert-OH is 1. The van der Waals surface area contributed by atoms with Gasteiger partial charge in [0, 0.05) is 17.6 Å². The highest BCUT2D eigenvalue weighted by Crippen LogP contribution is 2.32. The average Bonchev–Trinajstić information content (AvgIpc) is 2.73. The molecule has 1 aliphatic heterocycles. The summed E-state index contributed by atoms with van der Waals surface area (Å²) in [6.45, 7) is 2.52. The Morgan fingerprint density at radius 3 is 2.41 bits per heavy atom. The molecule has 2 fully saturated rings. The number of piperidine rings is 1. The summed E-state index contributed by atoms with van der Waals surface area (Å²) in [5, 5.41) is 9.31. The van der Waals surface area contributed by atoms with Crippen LogP contribution < -0.4 is 5.73 Å². The Kier molecular flexibility index (Phi) is 4.08. The SMILES string of the molecule is CN(C)C1CCN(C2CCC(N)(CO)C2)CC1. The van der Waals surface area contributed by atoms with Gasteiger partial charge in [0.05, 0.1) is 6.61 Å². The van der Waals surface area contributed by atoms with Gasteiger partial charge in [-0.25, -0.2) is 0 Å². The molecule has 1 aliphatic carbocycles. The lowest BCUT2D eigenvalue weighted by Gasteiger charge is -2.38. The van der Waals surface area contributed by atoms with E-state index in [-0.39, 0.29) is 12.1 Å². The lowest BCUT2D eigenvalue weighted by atomic mass is 9.98. The second kappa shape index (κ2) is 5.22. The topological polar surface area (TPSA) is 52.7 Å². The van der Waals surface area contributed by atoms with E-state index in [1.54, 1.807) is 0 Å². The van der Waals surface area contributed by atoms with Crippen molar-refractivity contribution in [2.75, 3.05) is 33.8 Å². The largest absolute Gasteiger partial charge is 0.394 e. The van der Waals surface area contributed by atoms with Gasteiger partial charge in [0.2, 0.25) is 0 Å². The van der Waals surface area contributed by atoms with Gasteiger partial charge >= 0.3 is 0 Å². The fraction of sp³-hybridized carbons (Fsp3) is 1.00. The summed E-state index contributed by atoms with van der Waals surface area (Å²) in [6.07, 6.45) is 5.63. The number of rotatable bonds is 3. The minimum absolute atomic E-state index is 0.137. The third-order valence-electron chi connectivity index (χ3n) is 4.68. The number of aliphatic hydroxyl groups is 1. The van der Waals surface area contributed by atoms with Crippen molar-refractivity contribution in [3.05, 3.63) is 0 Å². The molecule has 1 heterocycles. The highest BCUT2D eigenvalue weighted by atomic mass is 16.3. The Hall–Kier alpha value is -0.160. The van der Waals surface area contributed by atoms with Crippen molar-refractivity contribution < 1.29 is 5.11 Å². The average molecular weight is 241 g/mol. The molecule has 0 aromatic heterocycles. The molecule has 4 nitrogen and oxygen atoms in total. The number of likely N-dealkylation sites (tertiary alicyclic amines) is 1. The van der Waals surface area contributed by atoms with Crippen LogP contribution in [0, 0.1) is 0 Å². The molecule has 2 unspecified atom stereocenters. The highest BCUT2D eigenvalue weighted by Gasteiger charge is 2.38. The summed E-state index contributed by atoms with van der Waals surface area (Å²) < 4.78 is 0. The fourth-order valence-corrected chi connectivity index (χ4v) is 3.35. The summed E-state index contributed by atoms with van der Waals surface area (Å²) in [6, 6.07) is 1.35. The van der Waals surface area contributed by atoms with Gasteiger partial charge in [-0.1, -0.05) is 0 Å². The van der Waals surface area contributed by atoms with Gasteiger partial charge in [-0.2, -0.15) is 0 Å². The molecule has 17 heavy (non-hydrogen) atoms. The molecular formula is C13H27N3O. The second-order valence-electron chi connectivity index (χ2n) is 6.15. The number of hydrogen-bond acceptors (Lipinski definition) is 4. The van der Waals surface area contributed by atoms with Gasteiger partial charge in [0.25, 0.3) is 0 Å². The lowest BCUT2D eigenvalue weighted by molar-refractivity contribution is 0.103. The maximum atomic E-state index is 9.31. The Labute approximate surface area is 105 Å². The Morgan fingerprint density at radius 2 is 1.94 bits per heavy atom. The predicted molar refractivity (Wildman–Crippen MR) is 69.9 cm³/mol. The van der Waals surface area contributed by atoms with Gasteiger partial charge in [-0.15, -0.1) is 0 Å². The molecule has 0 aromatic rings. The monoisotopic (exact) mass is 241 g/mol. The summed E-state index contributed by atoms with van der Waals surface area (Å²) >= 11 is 0. The van der Waals surface area contributed by atoms with Crippen LogP contribution in [-0.2, 0) is 0 Å². The van der Waals surface area contributed by atoms with Crippen LogP contribution in [0.15, 0.2) is 0 Å². The molecule has 3 N–H and O–H groups in total. The quantitative estimate of drug-likeness (QED) is 0.744. The smallest absolute Gasteiger partial charge is 0.0611 e. The third-order valence-corrected chi connectivity index (χ3v) is 4.68.